The molecule has 0 saturated heterocycles. The van der Waals surface area contributed by atoms with Crippen LogP contribution in [0.15, 0.2) is 151 Å². The van der Waals surface area contributed by atoms with Gasteiger partial charge in [0.2, 0.25) is 0 Å². The molecule has 0 unspecified atom stereocenters. The molecule has 6 heterocycles. The summed E-state index contributed by atoms with van der Waals surface area (Å²) in [5.41, 5.74) is 4.09. The summed E-state index contributed by atoms with van der Waals surface area (Å²) in [6.45, 7) is 6.25. The first-order valence-corrected chi connectivity index (χ1v) is 17.0. The van der Waals surface area contributed by atoms with Crippen LogP contribution in [0.5, 0.6) is 11.5 Å². The maximum atomic E-state index is 6.56. The fraction of sp³-hybridized carbons (Fsp3) is 0.100. The molecule has 0 spiro atoms. The van der Waals surface area contributed by atoms with E-state index in [9.17, 15) is 0 Å². The largest absolute Gasteiger partial charge is 2.00 e. The average Bonchev–Trinajstić information content (AvgIpc) is 3.47. The van der Waals surface area contributed by atoms with Crippen LogP contribution < -0.4 is 10.2 Å². The second kappa shape index (κ2) is 13.2. The molecule has 2 aromatic heterocycles. The Morgan fingerprint density at radius 1 is 0.725 bits per heavy atom. The van der Waals surface area contributed by atoms with Crippen LogP contribution in [0, 0.1) is 12.1 Å². The smallest absolute Gasteiger partial charge is 0.509 e. The zero-order valence-electron chi connectivity index (χ0n) is 28.5. The first-order chi connectivity index (χ1) is 24.4. The zero-order chi connectivity index (χ0) is 33.8. The number of pyridine rings is 1. The Hall–Kier alpha value is -5.20. The molecular weight excluding hydrogens is 808 g/mol. The molecule has 0 amide bonds. The van der Waals surface area contributed by atoms with Crippen molar-refractivity contribution in [3.63, 3.8) is 0 Å². The number of para-hydroxylation sites is 1. The van der Waals surface area contributed by atoms with Crippen molar-refractivity contribution in [1.82, 2.24) is 23.8 Å². The second-order valence-corrected chi connectivity index (χ2v) is 13.8. The fourth-order valence-corrected chi connectivity index (χ4v) is 7.14. The van der Waals surface area contributed by atoms with Crippen LogP contribution in [0.3, 0.4) is 0 Å². The maximum absolute atomic E-state index is 6.56. The van der Waals surface area contributed by atoms with Gasteiger partial charge in [0.05, 0.1) is 0 Å². The number of aromatic nitrogens is 2. The van der Waals surface area contributed by atoms with Crippen LogP contribution in [0.1, 0.15) is 26.3 Å². The van der Waals surface area contributed by atoms with E-state index in [4.69, 9.17) is 14.6 Å². The number of hydrogen-bond donors (Lipinski definition) is 0. The maximum Gasteiger partial charge on any atom is 2.00 e. The van der Waals surface area contributed by atoms with Crippen LogP contribution in [-0.4, -0.2) is 50.6 Å². The predicted octanol–water partition coefficient (Wildman–Crippen LogP) is 7.18. The number of benzene rings is 3. The Balaban J connectivity index is 0.00000374. The molecule has 9 rings (SSSR count). The standard InChI is InChI=1S/C40H33B3N6O.Pt/c1-40(2,3)30-20-23-44-39(27-30)49-36-16-5-4-15-34(36)35-19-18-33(29-37(35)49)50-32-14-12-13-31(28-32)43-45-38-17-6-9-24-46(38)41-21-7-10-25-47(41)42-22-8-11-26-48(42)43;/h4-27H,1-3H3;/q-2;+2/b45-38-;. The Labute approximate surface area is 314 Å². The third-order valence-corrected chi connectivity index (χ3v) is 9.60. The summed E-state index contributed by atoms with van der Waals surface area (Å²) in [6.07, 6.45) is 22.8. The van der Waals surface area contributed by atoms with Crippen molar-refractivity contribution in [3.05, 3.63) is 164 Å². The topological polar surface area (TPSA) is 49.1 Å². The van der Waals surface area contributed by atoms with Crippen molar-refractivity contribution in [2.45, 2.75) is 26.2 Å². The molecule has 0 fully saturated rings. The molecule has 5 aromatic rings. The monoisotopic (exact) mass is 841 g/mol. The van der Waals surface area contributed by atoms with Gasteiger partial charge in [0.25, 0.3) is 0 Å². The van der Waals surface area contributed by atoms with E-state index in [1.54, 1.807) is 0 Å². The van der Waals surface area contributed by atoms with Gasteiger partial charge in [0.15, 0.2) is 0 Å². The quantitative estimate of drug-likeness (QED) is 0.142. The summed E-state index contributed by atoms with van der Waals surface area (Å²) in [4.78, 5) is 12.4. The van der Waals surface area contributed by atoms with Gasteiger partial charge in [0, 0.05) is 23.2 Å². The van der Waals surface area contributed by atoms with E-state index in [0.29, 0.717) is 11.5 Å². The van der Waals surface area contributed by atoms with E-state index in [1.807, 2.05) is 30.5 Å². The van der Waals surface area contributed by atoms with Crippen molar-refractivity contribution in [3.8, 4) is 17.3 Å². The average molecular weight is 841 g/mol. The molecule has 0 aliphatic carbocycles. The van der Waals surface area contributed by atoms with Crippen molar-refractivity contribution < 1.29 is 25.8 Å². The molecule has 3 aromatic carbocycles. The van der Waals surface area contributed by atoms with E-state index in [-0.39, 0.29) is 47.4 Å². The summed E-state index contributed by atoms with van der Waals surface area (Å²) in [5.74, 6) is 7.35. The number of ether oxygens (including phenoxy) is 1. The number of amidine groups is 1. The summed E-state index contributed by atoms with van der Waals surface area (Å²) >= 11 is 0. The molecule has 0 radical (unpaired) electrons. The normalized spacial score (nSPS) is 17.2. The predicted molar refractivity (Wildman–Crippen MR) is 206 cm³/mol. The molecule has 4 aliphatic rings. The Bertz CT molecular complexity index is 2370. The van der Waals surface area contributed by atoms with E-state index in [0.717, 1.165) is 38.9 Å². The van der Waals surface area contributed by atoms with Gasteiger partial charge in [-0.3, -0.25) is 4.90 Å². The van der Waals surface area contributed by atoms with Crippen molar-refractivity contribution in [2.24, 2.45) is 4.90 Å². The van der Waals surface area contributed by atoms with Crippen LogP contribution in [-0.2, 0) is 26.5 Å². The molecule has 248 valence electrons. The number of nitrogens with zero attached hydrogens (tertiary/aromatic N) is 6. The van der Waals surface area contributed by atoms with Gasteiger partial charge in [-0.25, -0.2) is 4.98 Å². The Kier molecular flexibility index (Phi) is 8.51. The molecule has 0 N–H and O–H groups in total. The first kappa shape index (κ1) is 33.0. The molecule has 7 nitrogen and oxygen atoms in total. The van der Waals surface area contributed by atoms with Crippen LogP contribution in [0.25, 0.3) is 27.6 Å². The van der Waals surface area contributed by atoms with Gasteiger partial charge in [-0.1, -0.05) is 74.7 Å². The SMILES string of the molecule is CC(C)(C)c1ccnc(-n2c3[c-]c(Oc4[c-]c(B5/N=C6/C=CC=CN6B6C=CC=CN6B6C=CC=CN56)ccc4)ccc3c3ccccc32)c1.[Pt+2]. The van der Waals surface area contributed by atoms with E-state index >= 15 is 0 Å². The van der Waals surface area contributed by atoms with Crippen molar-refractivity contribution in [2.75, 3.05) is 0 Å². The molecular formula is C40H33B3N6OPt. The number of hydrogen-bond acceptors (Lipinski definition) is 6. The number of fused-ring (bicyclic) bond motifs is 8. The Morgan fingerprint density at radius 3 is 2.37 bits per heavy atom. The molecule has 0 atom stereocenters. The molecule has 4 aliphatic heterocycles. The molecule has 51 heavy (non-hydrogen) atoms. The first-order valence-electron chi connectivity index (χ1n) is 17.0. The van der Waals surface area contributed by atoms with Gasteiger partial charge < -0.3 is 23.6 Å². The van der Waals surface area contributed by atoms with E-state index in [1.165, 1.54) is 5.56 Å². The number of allylic oxidation sites excluding steroid dienone is 6. The summed E-state index contributed by atoms with van der Waals surface area (Å²) < 4.78 is 13.4. The van der Waals surface area contributed by atoms with Gasteiger partial charge in [-0.05, 0) is 77.5 Å². The third kappa shape index (κ3) is 5.91. The molecule has 11 heteroatoms. The van der Waals surface area contributed by atoms with Gasteiger partial charge in [-0.15, -0.1) is 35.1 Å². The van der Waals surface area contributed by atoms with E-state index < -0.39 is 0 Å². The minimum absolute atomic E-state index is 0. The zero-order valence-corrected chi connectivity index (χ0v) is 30.8. The second-order valence-electron chi connectivity index (χ2n) is 13.8. The van der Waals surface area contributed by atoms with Crippen LogP contribution in [0.2, 0.25) is 0 Å². The number of rotatable bonds is 4. The molecule has 0 saturated carbocycles. The summed E-state index contributed by atoms with van der Waals surface area (Å²) in [7, 11) is 0. The van der Waals surface area contributed by atoms with Gasteiger partial charge >= 0.3 is 42.0 Å². The fourth-order valence-electron chi connectivity index (χ4n) is 7.14. The molecule has 0 bridgehead atoms. The van der Waals surface area contributed by atoms with E-state index in [2.05, 4.69) is 167 Å². The third-order valence-electron chi connectivity index (χ3n) is 9.60. The van der Waals surface area contributed by atoms with Crippen LogP contribution in [0.4, 0.5) is 0 Å². The van der Waals surface area contributed by atoms with Gasteiger partial charge in [0.1, 0.15) is 11.7 Å². The summed E-state index contributed by atoms with van der Waals surface area (Å²) in [5, 5.41) is 2.24. The van der Waals surface area contributed by atoms with Crippen LogP contribution >= 0.6 is 0 Å². The minimum Gasteiger partial charge on any atom is -0.509 e. The van der Waals surface area contributed by atoms with Crippen molar-refractivity contribution >= 4 is 54.1 Å². The summed E-state index contributed by atoms with van der Waals surface area (Å²) in [6, 6.07) is 30.0. The Morgan fingerprint density at radius 2 is 1.51 bits per heavy atom. The van der Waals surface area contributed by atoms with Gasteiger partial charge in [-0.2, -0.15) is 18.2 Å². The minimum atomic E-state index is -0.353. The van der Waals surface area contributed by atoms with Crippen molar-refractivity contribution in [1.29, 1.82) is 0 Å².